The van der Waals surface area contributed by atoms with Gasteiger partial charge in [0, 0.05) is 6.04 Å². The highest BCUT2D eigenvalue weighted by Gasteiger charge is 2.43. The van der Waals surface area contributed by atoms with E-state index in [9.17, 15) is 5.11 Å². The number of aliphatic hydroxyl groups is 1. The maximum atomic E-state index is 10.1. The van der Waals surface area contributed by atoms with Gasteiger partial charge in [-0.25, -0.2) is 0 Å². The summed E-state index contributed by atoms with van der Waals surface area (Å²) in [6.45, 7) is 5.65. The summed E-state index contributed by atoms with van der Waals surface area (Å²) in [6, 6.07) is 2.38. The van der Waals surface area contributed by atoms with E-state index in [0.717, 1.165) is 19.3 Å². The number of nitriles is 1. The fraction of sp³-hybridized carbons (Fsp3) is 0.909. The first-order chi connectivity index (χ1) is 6.31. The molecule has 2 unspecified atom stereocenters. The van der Waals surface area contributed by atoms with Crippen LogP contribution in [0.5, 0.6) is 0 Å². The van der Waals surface area contributed by atoms with Gasteiger partial charge in [-0.3, -0.25) is 4.90 Å². The number of nitrogens with zero attached hydrogens (tertiary/aromatic N) is 2. The van der Waals surface area contributed by atoms with Crippen LogP contribution in [0.15, 0.2) is 0 Å². The Balaban J connectivity index is 2.81. The Hall–Kier alpha value is -0.590. The van der Waals surface area contributed by atoms with Gasteiger partial charge in [-0.15, -0.1) is 0 Å². The smallest absolute Gasteiger partial charge is 0.103 e. The standard InChI is InChI=1S/C11H20N2O/c1-10(2,8-12)13(4)9-6-5-7-11(9,3)14/h9,14H,5-7H2,1-4H3. The zero-order valence-corrected chi connectivity index (χ0v) is 9.54. The first kappa shape index (κ1) is 11.5. The summed E-state index contributed by atoms with van der Waals surface area (Å²) in [5, 5.41) is 19.2. The van der Waals surface area contributed by atoms with Gasteiger partial charge >= 0.3 is 0 Å². The second-order valence-electron chi connectivity index (χ2n) is 5.05. The van der Waals surface area contributed by atoms with E-state index in [-0.39, 0.29) is 6.04 Å². The van der Waals surface area contributed by atoms with E-state index in [4.69, 9.17) is 5.26 Å². The van der Waals surface area contributed by atoms with Crippen molar-refractivity contribution in [1.82, 2.24) is 4.90 Å². The Bertz CT molecular complexity index is 253. The molecule has 0 bridgehead atoms. The Morgan fingerprint density at radius 3 is 2.50 bits per heavy atom. The van der Waals surface area contributed by atoms with Crippen molar-refractivity contribution in [2.24, 2.45) is 0 Å². The lowest BCUT2D eigenvalue weighted by Gasteiger charge is -2.40. The molecule has 1 N–H and O–H groups in total. The van der Waals surface area contributed by atoms with Crippen molar-refractivity contribution in [2.75, 3.05) is 7.05 Å². The van der Waals surface area contributed by atoms with Gasteiger partial charge in [0.05, 0.1) is 11.7 Å². The van der Waals surface area contributed by atoms with Crippen LogP contribution in [0.2, 0.25) is 0 Å². The van der Waals surface area contributed by atoms with E-state index in [1.807, 2.05) is 32.7 Å². The molecular weight excluding hydrogens is 176 g/mol. The zero-order chi connectivity index (χ0) is 11.0. The quantitative estimate of drug-likeness (QED) is 0.728. The molecule has 0 amide bonds. The molecule has 0 spiro atoms. The molecule has 1 fully saturated rings. The van der Waals surface area contributed by atoms with Gasteiger partial charge in [0.2, 0.25) is 0 Å². The molecule has 1 aliphatic carbocycles. The van der Waals surface area contributed by atoms with E-state index in [1.165, 1.54) is 0 Å². The van der Waals surface area contributed by atoms with Crippen LogP contribution in [0, 0.1) is 11.3 Å². The third-order valence-corrected chi connectivity index (χ3v) is 3.50. The Morgan fingerprint density at radius 2 is 2.14 bits per heavy atom. The van der Waals surface area contributed by atoms with E-state index in [0.29, 0.717) is 0 Å². The van der Waals surface area contributed by atoms with Gasteiger partial charge in [0.15, 0.2) is 0 Å². The summed E-state index contributed by atoms with van der Waals surface area (Å²) in [5.41, 5.74) is -1.14. The van der Waals surface area contributed by atoms with Crippen LogP contribution in [-0.2, 0) is 0 Å². The van der Waals surface area contributed by atoms with E-state index >= 15 is 0 Å². The molecule has 0 aliphatic heterocycles. The van der Waals surface area contributed by atoms with Gasteiger partial charge in [0.25, 0.3) is 0 Å². The Morgan fingerprint density at radius 1 is 1.57 bits per heavy atom. The molecule has 0 aromatic rings. The second-order valence-corrected chi connectivity index (χ2v) is 5.05. The van der Waals surface area contributed by atoms with Gasteiger partial charge in [-0.05, 0) is 47.1 Å². The third-order valence-electron chi connectivity index (χ3n) is 3.50. The van der Waals surface area contributed by atoms with E-state index in [1.54, 1.807) is 0 Å². The van der Waals surface area contributed by atoms with Gasteiger partial charge < -0.3 is 5.11 Å². The zero-order valence-electron chi connectivity index (χ0n) is 9.54. The fourth-order valence-electron chi connectivity index (χ4n) is 2.21. The van der Waals surface area contributed by atoms with Crippen LogP contribution in [0.1, 0.15) is 40.0 Å². The number of rotatable bonds is 2. The van der Waals surface area contributed by atoms with Crippen molar-refractivity contribution < 1.29 is 5.11 Å². The fourth-order valence-corrected chi connectivity index (χ4v) is 2.21. The number of hydrogen-bond donors (Lipinski definition) is 1. The lowest BCUT2D eigenvalue weighted by Crippen LogP contribution is -2.53. The first-order valence-corrected chi connectivity index (χ1v) is 5.18. The summed E-state index contributed by atoms with van der Waals surface area (Å²) in [4.78, 5) is 2.00. The van der Waals surface area contributed by atoms with Crippen molar-refractivity contribution in [2.45, 2.75) is 57.2 Å². The van der Waals surface area contributed by atoms with Crippen LogP contribution in [0.4, 0.5) is 0 Å². The number of hydrogen-bond acceptors (Lipinski definition) is 3. The molecule has 3 heteroatoms. The lowest BCUT2D eigenvalue weighted by atomic mass is 9.94. The molecule has 0 aromatic carbocycles. The molecule has 1 saturated carbocycles. The van der Waals surface area contributed by atoms with Crippen molar-refractivity contribution in [3.8, 4) is 6.07 Å². The maximum Gasteiger partial charge on any atom is 0.103 e. The maximum absolute atomic E-state index is 10.1. The molecule has 3 nitrogen and oxygen atoms in total. The number of likely N-dealkylation sites (N-methyl/N-ethyl adjacent to an activating group) is 1. The Labute approximate surface area is 86.3 Å². The van der Waals surface area contributed by atoms with Crippen molar-refractivity contribution in [3.05, 3.63) is 0 Å². The minimum absolute atomic E-state index is 0.108. The molecule has 14 heavy (non-hydrogen) atoms. The molecule has 2 atom stereocenters. The summed E-state index contributed by atoms with van der Waals surface area (Å²) >= 11 is 0. The summed E-state index contributed by atoms with van der Waals surface area (Å²) < 4.78 is 0. The highest BCUT2D eigenvalue weighted by Crippen LogP contribution is 2.35. The average Bonchev–Trinajstić information content (AvgIpc) is 2.44. The van der Waals surface area contributed by atoms with Crippen molar-refractivity contribution in [3.63, 3.8) is 0 Å². The van der Waals surface area contributed by atoms with Crippen molar-refractivity contribution >= 4 is 0 Å². The molecule has 80 valence electrons. The summed E-state index contributed by atoms with van der Waals surface area (Å²) in [5.74, 6) is 0. The largest absolute Gasteiger partial charge is 0.389 e. The summed E-state index contributed by atoms with van der Waals surface area (Å²) in [7, 11) is 1.92. The Kier molecular flexibility index (Phi) is 2.89. The normalized spacial score (nSPS) is 33.4. The predicted octanol–water partition coefficient (Wildman–Crippen LogP) is 1.52. The highest BCUT2D eigenvalue weighted by molar-refractivity contribution is 5.06. The van der Waals surface area contributed by atoms with Crippen LogP contribution in [0.3, 0.4) is 0 Å². The molecular formula is C11H20N2O. The minimum atomic E-state index is -0.636. The monoisotopic (exact) mass is 196 g/mol. The first-order valence-electron chi connectivity index (χ1n) is 5.18. The SMILES string of the molecule is CN(C1CCCC1(C)O)C(C)(C)C#N. The van der Waals surface area contributed by atoms with Crippen LogP contribution >= 0.6 is 0 Å². The van der Waals surface area contributed by atoms with Gasteiger partial charge in [0.1, 0.15) is 5.54 Å². The van der Waals surface area contributed by atoms with E-state index < -0.39 is 11.1 Å². The molecule has 0 radical (unpaired) electrons. The minimum Gasteiger partial charge on any atom is -0.389 e. The summed E-state index contributed by atoms with van der Waals surface area (Å²) in [6.07, 6.45) is 2.86. The molecule has 1 aliphatic rings. The molecule has 1 rings (SSSR count). The van der Waals surface area contributed by atoms with Crippen LogP contribution < -0.4 is 0 Å². The lowest BCUT2D eigenvalue weighted by molar-refractivity contribution is -0.0253. The molecule has 0 saturated heterocycles. The molecule has 0 aromatic heterocycles. The van der Waals surface area contributed by atoms with E-state index in [2.05, 4.69) is 6.07 Å². The average molecular weight is 196 g/mol. The van der Waals surface area contributed by atoms with Gasteiger partial charge in [-0.1, -0.05) is 0 Å². The van der Waals surface area contributed by atoms with Crippen molar-refractivity contribution in [1.29, 1.82) is 5.26 Å². The van der Waals surface area contributed by atoms with Crippen LogP contribution in [0.25, 0.3) is 0 Å². The topological polar surface area (TPSA) is 47.3 Å². The predicted molar refractivity (Wildman–Crippen MR) is 55.7 cm³/mol. The van der Waals surface area contributed by atoms with Crippen LogP contribution in [-0.4, -0.2) is 34.2 Å². The highest BCUT2D eigenvalue weighted by atomic mass is 16.3. The third kappa shape index (κ3) is 1.92. The van der Waals surface area contributed by atoms with Gasteiger partial charge in [-0.2, -0.15) is 5.26 Å². The molecule has 0 heterocycles. The second kappa shape index (κ2) is 3.52.